The van der Waals surface area contributed by atoms with Crippen molar-refractivity contribution < 1.29 is 83.9 Å². The fourth-order valence-electron chi connectivity index (χ4n) is 6.07. The lowest BCUT2D eigenvalue weighted by Gasteiger charge is -2.49. The van der Waals surface area contributed by atoms with Crippen molar-refractivity contribution in [2.75, 3.05) is 20.3 Å². The largest absolute Gasteiger partial charge is 0.394 e. The molecule has 4 fully saturated rings. The topological polar surface area (TPSA) is 256 Å². The molecule has 4 heterocycles. The third-order valence-corrected chi connectivity index (χ3v) is 8.89. The highest BCUT2D eigenvalue weighted by Crippen LogP contribution is 2.35. The number of rotatable bonds is 10. The second-order valence-corrected chi connectivity index (χ2v) is 11.7. The highest BCUT2D eigenvalue weighted by molar-refractivity contribution is 4.96. The van der Waals surface area contributed by atoms with E-state index in [9.17, 15) is 46.0 Å². The lowest BCUT2D eigenvalue weighted by molar-refractivity contribution is -0.382. The van der Waals surface area contributed by atoms with Crippen molar-refractivity contribution in [3.63, 3.8) is 0 Å². The Morgan fingerprint density at radius 1 is 0.565 bits per heavy atom. The first-order valence-corrected chi connectivity index (χ1v) is 16.0. The van der Waals surface area contributed by atoms with Crippen LogP contribution >= 0.6 is 0 Å². The highest BCUT2D eigenvalue weighted by Gasteiger charge is 2.53. The van der Waals surface area contributed by atoms with Gasteiger partial charge in [0.2, 0.25) is 0 Å². The Kier molecular flexibility index (Phi) is 15.4. The molecule has 9 N–H and O–H groups in total. The second kappa shape index (κ2) is 17.8. The lowest BCUT2D eigenvalue weighted by atomic mass is 9.89. The van der Waals surface area contributed by atoms with Gasteiger partial charge in [0.15, 0.2) is 25.2 Å². The highest BCUT2D eigenvalue weighted by atomic mass is 16.8. The summed E-state index contributed by atoms with van der Waals surface area (Å²) >= 11 is 0. The molecule has 0 aromatic carbocycles. The average molecular weight is 675 g/mol. The molecule has 17 heteroatoms. The van der Waals surface area contributed by atoms with Crippen molar-refractivity contribution in [1.82, 2.24) is 0 Å². The number of aliphatic hydroxyl groups excluding tert-OH is 9. The molecule has 4 saturated heterocycles. The Balaban J connectivity index is 0.00000282. The van der Waals surface area contributed by atoms with Crippen LogP contribution in [-0.2, 0) is 37.9 Å². The summed E-state index contributed by atoms with van der Waals surface area (Å²) in [5, 5.41) is 95.3. The smallest absolute Gasteiger partial charge is 0.187 e. The van der Waals surface area contributed by atoms with Crippen molar-refractivity contribution in [3.8, 4) is 0 Å². The second-order valence-electron chi connectivity index (χ2n) is 11.7. The molecule has 19 atom stereocenters. The zero-order valence-electron chi connectivity index (χ0n) is 27.1. The van der Waals surface area contributed by atoms with Crippen LogP contribution in [0.15, 0.2) is 0 Å². The van der Waals surface area contributed by atoms with Gasteiger partial charge in [0.25, 0.3) is 0 Å². The average Bonchev–Trinajstić information content (AvgIpc) is 3.06. The van der Waals surface area contributed by atoms with E-state index in [1.165, 1.54) is 7.11 Å². The Hall–Kier alpha value is -0.680. The Morgan fingerprint density at radius 3 is 1.50 bits per heavy atom. The number of aliphatic hydroxyl groups is 9. The standard InChI is InChI=1S/C27H48O17.C2H6/c1-5-10-9(3)14(29)18(33)26(39-10)44-23-12(7-28)41-27(21(36)17(23)32)43-22-11(6-2)40-25(20(35)16(22)31)42-13-8-38-24(37-4)19(34)15(13)30;1-2/h9-36H,5-8H2,1-4H3;1-2H3. The van der Waals surface area contributed by atoms with E-state index in [-0.39, 0.29) is 13.0 Å². The van der Waals surface area contributed by atoms with Gasteiger partial charge in [0.1, 0.15) is 67.1 Å². The number of methoxy groups -OCH3 is 1. The van der Waals surface area contributed by atoms with Crippen molar-refractivity contribution in [2.45, 2.75) is 158 Å². The van der Waals surface area contributed by atoms with Gasteiger partial charge in [0, 0.05) is 13.0 Å². The minimum absolute atomic E-state index is 0.206. The minimum Gasteiger partial charge on any atom is -0.394 e. The van der Waals surface area contributed by atoms with Crippen LogP contribution in [0.5, 0.6) is 0 Å². The zero-order valence-corrected chi connectivity index (χ0v) is 27.1. The van der Waals surface area contributed by atoms with Crippen LogP contribution in [0.2, 0.25) is 0 Å². The molecule has 4 aliphatic heterocycles. The van der Waals surface area contributed by atoms with Gasteiger partial charge in [-0.25, -0.2) is 0 Å². The number of hydrogen-bond acceptors (Lipinski definition) is 17. The van der Waals surface area contributed by atoms with Crippen LogP contribution < -0.4 is 0 Å². The molecular formula is C29H54O17. The molecule has 17 nitrogen and oxygen atoms in total. The van der Waals surface area contributed by atoms with Crippen molar-refractivity contribution in [3.05, 3.63) is 0 Å². The van der Waals surface area contributed by atoms with Gasteiger partial charge in [0.05, 0.1) is 31.5 Å². The molecule has 0 amide bonds. The van der Waals surface area contributed by atoms with E-state index in [0.29, 0.717) is 6.42 Å². The van der Waals surface area contributed by atoms with Crippen molar-refractivity contribution >= 4 is 0 Å². The van der Waals surface area contributed by atoms with Gasteiger partial charge in [-0.05, 0) is 12.8 Å². The number of hydrogen-bond donors (Lipinski definition) is 9. The van der Waals surface area contributed by atoms with E-state index in [2.05, 4.69) is 0 Å². The molecule has 272 valence electrons. The van der Waals surface area contributed by atoms with Crippen LogP contribution in [0.1, 0.15) is 47.5 Å². The summed E-state index contributed by atoms with van der Waals surface area (Å²) in [7, 11) is 1.29. The zero-order chi connectivity index (χ0) is 34.5. The summed E-state index contributed by atoms with van der Waals surface area (Å²) in [6.07, 6.45) is -24.0. The van der Waals surface area contributed by atoms with Crippen LogP contribution in [-0.4, -0.2) is 177 Å². The fourth-order valence-corrected chi connectivity index (χ4v) is 6.07. The van der Waals surface area contributed by atoms with Gasteiger partial charge in [-0.3, -0.25) is 0 Å². The summed E-state index contributed by atoms with van der Waals surface area (Å²) in [5.41, 5.74) is 0. The summed E-state index contributed by atoms with van der Waals surface area (Å²) in [5.74, 6) is -0.397. The molecule has 4 rings (SSSR count). The molecule has 0 bridgehead atoms. The molecule has 0 aliphatic carbocycles. The molecule has 19 unspecified atom stereocenters. The van der Waals surface area contributed by atoms with E-state index in [4.69, 9.17) is 37.9 Å². The molecule has 0 aromatic heterocycles. The van der Waals surface area contributed by atoms with Crippen LogP contribution in [0.25, 0.3) is 0 Å². The molecule has 0 aromatic rings. The lowest BCUT2D eigenvalue weighted by Crippen LogP contribution is -2.66. The summed E-state index contributed by atoms with van der Waals surface area (Å²) < 4.78 is 44.8. The van der Waals surface area contributed by atoms with Crippen LogP contribution in [0.4, 0.5) is 0 Å². The Bertz CT molecular complexity index is 881. The number of ether oxygens (including phenoxy) is 8. The predicted molar refractivity (Wildman–Crippen MR) is 154 cm³/mol. The van der Waals surface area contributed by atoms with Crippen molar-refractivity contribution in [1.29, 1.82) is 0 Å². The maximum Gasteiger partial charge on any atom is 0.187 e. The molecule has 46 heavy (non-hydrogen) atoms. The Morgan fingerprint density at radius 2 is 1.00 bits per heavy atom. The Labute approximate surface area is 268 Å². The first kappa shape index (κ1) is 39.8. The van der Waals surface area contributed by atoms with E-state index >= 15 is 0 Å². The van der Waals surface area contributed by atoms with Crippen molar-refractivity contribution in [2.24, 2.45) is 5.92 Å². The minimum atomic E-state index is -1.80. The SMILES string of the molecule is CC.CCC1OC(OC2C(CO)OC(OC3C(CC)OC(OC4COC(OC)C(O)C4O)C(O)C3O)C(O)C2O)C(O)C(O)C1C. The third kappa shape index (κ3) is 8.36. The quantitative estimate of drug-likeness (QED) is 0.110. The van der Waals surface area contributed by atoms with Crippen LogP contribution in [0, 0.1) is 5.92 Å². The monoisotopic (exact) mass is 674 g/mol. The molecule has 0 radical (unpaired) electrons. The molecule has 4 aliphatic rings. The van der Waals surface area contributed by atoms with E-state index in [1.807, 2.05) is 20.8 Å². The van der Waals surface area contributed by atoms with Crippen LogP contribution in [0.3, 0.4) is 0 Å². The van der Waals surface area contributed by atoms with E-state index < -0.39 is 123 Å². The summed E-state index contributed by atoms with van der Waals surface area (Å²) in [6.45, 7) is 8.31. The van der Waals surface area contributed by atoms with Gasteiger partial charge < -0.3 is 83.9 Å². The molecule has 0 saturated carbocycles. The fraction of sp³-hybridized carbons (Fsp3) is 1.00. The first-order valence-electron chi connectivity index (χ1n) is 16.0. The predicted octanol–water partition coefficient (Wildman–Crippen LogP) is -3.32. The maximum absolute atomic E-state index is 11.0. The first-order chi connectivity index (χ1) is 21.9. The normalized spacial score (nSPS) is 50.0. The summed E-state index contributed by atoms with van der Waals surface area (Å²) in [4.78, 5) is 0. The van der Waals surface area contributed by atoms with Gasteiger partial charge in [-0.1, -0.05) is 34.6 Å². The van der Waals surface area contributed by atoms with Gasteiger partial charge >= 0.3 is 0 Å². The van der Waals surface area contributed by atoms with E-state index in [1.54, 1.807) is 13.8 Å². The van der Waals surface area contributed by atoms with E-state index in [0.717, 1.165) is 0 Å². The molecular weight excluding hydrogens is 620 g/mol. The summed E-state index contributed by atoms with van der Waals surface area (Å²) in [6, 6.07) is 0. The van der Waals surface area contributed by atoms with Gasteiger partial charge in [-0.15, -0.1) is 0 Å². The third-order valence-electron chi connectivity index (χ3n) is 8.89. The van der Waals surface area contributed by atoms with Gasteiger partial charge in [-0.2, -0.15) is 0 Å². The molecule has 0 spiro atoms. The maximum atomic E-state index is 11.0.